The van der Waals surface area contributed by atoms with Gasteiger partial charge in [-0.05, 0) is 47.5 Å². The summed E-state index contributed by atoms with van der Waals surface area (Å²) < 4.78 is 5.71. The minimum absolute atomic E-state index is 0.0788. The SMILES string of the molecule is O=C(c1ccccc1)c1ccc(OC(=O)N2c3ccccc3C=Cc3ccccc32)cc1. The van der Waals surface area contributed by atoms with Crippen LogP contribution in [0.2, 0.25) is 0 Å². The summed E-state index contributed by atoms with van der Waals surface area (Å²) in [5.74, 6) is 0.289. The van der Waals surface area contributed by atoms with Crippen molar-refractivity contribution in [3.8, 4) is 5.75 Å². The zero-order valence-corrected chi connectivity index (χ0v) is 17.1. The number of ketones is 1. The van der Waals surface area contributed by atoms with Crippen molar-refractivity contribution >= 4 is 35.4 Å². The molecule has 4 heteroatoms. The van der Waals surface area contributed by atoms with Crippen molar-refractivity contribution in [1.82, 2.24) is 0 Å². The Hall–Kier alpha value is -4.44. The van der Waals surface area contributed by atoms with Gasteiger partial charge in [-0.2, -0.15) is 0 Å². The van der Waals surface area contributed by atoms with E-state index in [1.165, 1.54) is 0 Å². The van der Waals surface area contributed by atoms with Crippen LogP contribution in [0.4, 0.5) is 16.2 Å². The van der Waals surface area contributed by atoms with Crippen molar-refractivity contribution in [1.29, 1.82) is 0 Å². The predicted molar refractivity (Wildman–Crippen MR) is 126 cm³/mol. The summed E-state index contributed by atoms with van der Waals surface area (Å²) >= 11 is 0. The second-order valence-corrected chi connectivity index (χ2v) is 7.37. The van der Waals surface area contributed by atoms with Crippen molar-refractivity contribution < 1.29 is 14.3 Å². The van der Waals surface area contributed by atoms with E-state index in [0.29, 0.717) is 16.9 Å². The van der Waals surface area contributed by atoms with Gasteiger partial charge in [0.1, 0.15) is 5.75 Å². The molecule has 0 saturated heterocycles. The third-order valence-electron chi connectivity index (χ3n) is 5.34. The first-order valence-electron chi connectivity index (χ1n) is 10.3. The molecule has 0 atom stereocenters. The first-order chi connectivity index (χ1) is 15.7. The molecule has 1 amide bonds. The average molecular weight is 417 g/mol. The summed E-state index contributed by atoms with van der Waals surface area (Å²) in [5.41, 5.74) is 4.48. The van der Waals surface area contributed by atoms with Gasteiger partial charge < -0.3 is 4.74 Å². The molecule has 4 aromatic carbocycles. The lowest BCUT2D eigenvalue weighted by atomic mass is 10.0. The molecule has 154 valence electrons. The van der Waals surface area contributed by atoms with Crippen molar-refractivity contribution in [2.75, 3.05) is 4.90 Å². The molecular formula is C28H19NO3. The fourth-order valence-electron chi connectivity index (χ4n) is 3.75. The van der Waals surface area contributed by atoms with E-state index in [1.54, 1.807) is 41.3 Å². The van der Waals surface area contributed by atoms with Gasteiger partial charge in [0.05, 0.1) is 11.4 Å². The number of hydrogen-bond acceptors (Lipinski definition) is 3. The quantitative estimate of drug-likeness (QED) is 0.347. The van der Waals surface area contributed by atoms with E-state index in [-0.39, 0.29) is 5.78 Å². The maximum absolute atomic E-state index is 13.3. The van der Waals surface area contributed by atoms with E-state index in [0.717, 1.165) is 22.5 Å². The summed E-state index contributed by atoms with van der Waals surface area (Å²) in [6.07, 6.45) is 3.47. The number of anilines is 2. The third kappa shape index (κ3) is 3.70. The van der Waals surface area contributed by atoms with Crippen LogP contribution in [0.5, 0.6) is 5.75 Å². The maximum Gasteiger partial charge on any atom is 0.424 e. The standard InChI is InChI=1S/C28H19NO3/c30-27(22-10-2-1-3-11-22)23-16-18-24(19-17-23)32-28(31)29-25-12-6-4-8-20(25)14-15-21-9-5-7-13-26(21)29/h1-19H. The Balaban J connectivity index is 1.43. The molecule has 0 unspecified atom stereocenters. The predicted octanol–water partition coefficient (Wildman–Crippen LogP) is 6.74. The topological polar surface area (TPSA) is 46.6 Å². The average Bonchev–Trinajstić information content (AvgIpc) is 3.01. The highest BCUT2D eigenvalue weighted by Crippen LogP contribution is 2.36. The molecule has 0 aromatic heterocycles. The van der Waals surface area contributed by atoms with Gasteiger partial charge in [-0.25, -0.2) is 9.69 Å². The van der Waals surface area contributed by atoms with E-state index in [4.69, 9.17) is 4.74 Å². The minimum Gasteiger partial charge on any atom is -0.410 e. The molecule has 0 spiro atoms. The van der Waals surface area contributed by atoms with Gasteiger partial charge in [0.2, 0.25) is 0 Å². The van der Waals surface area contributed by atoms with Crippen LogP contribution in [0, 0.1) is 0 Å². The first kappa shape index (κ1) is 19.5. The summed E-state index contributed by atoms with van der Waals surface area (Å²) in [7, 11) is 0. The Bertz CT molecular complexity index is 1270. The van der Waals surface area contributed by atoms with Crippen molar-refractivity contribution in [3.63, 3.8) is 0 Å². The van der Waals surface area contributed by atoms with Gasteiger partial charge in [-0.3, -0.25) is 4.79 Å². The highest BCUT2D eigenvalue weighted by Gasteiger charge is 2.25. The fraction of sp³-hybridized carbons (Fsp3) is 0. The minimum atomic E-state index is -0.518. The zero-order valence-electron chi connectivity index (χ0n) is 17.1. The molecular weight excluding hydrogens is 398 g/mol. The largest absolute Gasteiger partial charge is 0.424 e. The monoisotopic (exact) mass is 417 g/mol. The lowest BCUT2D eigenvalue weighted by molar-refractivity contribution is 0.103. The Kier molecular flexibility index (Phi) is 5.10. The van der Waals surface area contributed by atoms with Crippen LogP contribution < -0.4 is 9.64 Å². The second-order valence-electron chi connectivity index (χ2n) is 7.37. The van der Waals surface area contributed by atoms with Crippen LogP contribution in [0.25, 0.3) is 12.2 Å². The first-order valence-corrected chi connectivity index (χ1v) is 10.3. The summed E-state index contributed by atoms with van der Waals surface area (Å²) in [6.45, 7) is 0. The zero-order chi connectivity index (χ0) is 21.9. The van der Waals surface area contributed by atoms with E-state index in [9.17, 15) is 9.59 Å². The molecule has 0 bridgehead atoms. The van der Waals surface area contributed by atoms with Gasteiger partial charge >= 0.3 is 6.09 Å². The van der Waals surface area contributed by atoms with Gasteiger partial charge in [0.25, 0.3) is 0 Å². The molecule has 32 heavy (non-hydrogen) atoms. The molecule has 0 aliphatic carbocycles. The Morgan fingerprint density at radius 1 is 0.562 bits per heavy atom. The number of amides is 1. The molecule has 1 heterocycles. The number of benzene rings is 4. The van der Waals surface area contributed by atoms with Gasteiger partial charge in [0.15, 0.2) is 5.78 Å². The highest BCUT2D eigenvalue weighted by atomic mass is 16.6. The Labute approximate surface area is 186 Å². The van der Waals surface area contributed by atoms with Gasteiger partial charge in [-0.1, -0.05) is 78.9 Å². The number of carbonyl (C=O) groups excluding carboxylic acids is 2. The number of ether oxygens (including phenoxy) is 1. The van der Waals surface area contributed by atoms with Gasteiger partial charge in [-0.15, -0.1) is 0 Å². The smallest absolute Gasteiger partial charge is 0.410 e. The molecule has 0 radical (unpaired) electrons. The van der Waals surface area contributed by atoms with Crippen molar-refractivity contribution in [2.45, 2.75) is 0 Å². The lowest BCUT2D eigenvalue weighted by Gasteiger charge is -2.24. The highest BCUT2D eigenvalue weighted by molar-refractivity contribution is 6.09. The molecule has 4 nitrogen and oxygen atoms in total. The van der Waals surface area contributed by atoms with Crippen LogP contribution in [0.15, 0.2) is 103 Å². The molecule has 1 aliphatic rings. The molecule has 0 fully saturated rings. The van der Waals surface area contributed by atoms with Crippen molar-refractivity contribution in [2.24, 2.45) is 0 Å². The summed E-state index contributed by atoms with van der Waals surface area (Å²) in [5, 5.41) is 0. The molecule has 0 saturated carbocycles. The lowest BCUT2D eigenvalue weighted by Crippen LogP contribution is -2.29. The number of hydrogen-bond donors (Lipinski definition) is 0. The Morgan fingerprint density at radius 3 is 1.66 bits per heavy atom. The van der Waals surface area contributed by atoms with E-state index in [1.807, 2.05) is 78.9 Å². The number of para-hydroxylation sites is 2. The van der Waals surface area contributed by atoms with Crippen LogP contribution in [0.1, 0.15) is 27.0 Å². The second kappa shape index (κ2) is 8.36. The van der Waals surface area contributed by atoms with Crippen LogP contribution in [0.3, 0.4) is 0 Å². The number of rotatable bonds is 3. The van der Waals surface area contributed by atoms with Crippen molar-refractivity contribution in [3.05, 3.63) is 125 Å². The van der Waals surface area contributed by atoms with E-state index < -0.39 is 6.09 Å². The fourth-order valence-corrected chi connectivity index (χ4v) is 3.75. The normalized spacial score (nSPS) is 11.8. The number of carbonyl (C=O) groups is 2. The molecule has 4 aromatic rings. The Morgan fingerprint density at radius 2 is 1.06 bits per heavy atom. The third-order valence-corrected chi connectivity index (χ3v) is 5.34. The van der Waals surface area contributed by atoms with E-state index in [2.05, 4.69) is 0 Å². The number of nitrogens with zero attached hydrogens (tertiary/aromatic N) is 1. The summed E-state index contributed by atoms with van der Waals surface area (Å²) in [6, 6.07) is 31.1. The van der Waals surface area contributed by atoms with E-state index >= 15 is 0 Å². The summed E-state index contributed by atoms with van der Waals surface area (Å²) in [4.78, 5) is 27.5. The van der Waals surface area contributed by atoms with Crippen LogP contribution in [-0.2, 0) is 0 Å². The van der Waals surface area contributed by atoms with Crippen LogP contribution >= 0.6 is 0 Å². The molecule has 0 N–H and O–H groups in total. The van der Waals surface area contributed by atoms with Crippen LogP contribution in [-0.4, -0.2) is 11.9 Å². The maximum atomic E-state index is 13.3. The number of fused-ring (bicyclic) bond motifs is 2. The van der Waals surface area contributed by atoms with Gasteiger partial charge in [0, 0.05) is 11.1 Å². The molecule has 1 aliphatic heterocycles. The molecule has 5 rings (SSSR count).